The van der Waals surface area contributed by atoms with Gasteiger partial charge in [-0.2, -0.15) is 0 Å². The second kappa shape index (κ2) is 8.00. The first kappa shape index (κ1) is 20.5. The third-order valence-electron chi connectivity index (χ3n) is 4.41. The second-order valence-electron chi connectivity index (χ2n) is 6.39. The van der Waals surface area contributed by atoms with Gasteiger partial charge in [-0.15, -0.1) is 0 Å². The Morgan fingerprint density at radius 3 is 2.21 bits per heavy atom. The number of hydrogen-bond acceptors (Lipinski definition) is 5. The Morgan fingerprint density at radius 2 is 1.66 bits per heavy atom. The smallest absolute Gasteiger partial charge is 0.329 e. The largest absolute Gasteiger partial charge is 0.451 e. The number of amides is 3. The maximum Gasteiger partial charge on any atom is 0.329 e. The van der Waals surface area contributed by atoms with Crippen LogP contribution >= 0.6 is 11.6 Å². The number of benzene rings is 2. The summed E-state index contributed by atoms with van der Waals surface area (Å²) in [7, 11) is 0. The summed E-state index contributed by atoms with van der Waals surface area (Å²) >= 11 is 5.85. The average Bonchev–Trinajstić information content (AvgIpc) is 2.94. The molecular formula is C20H16ClFN2O5. The predicted octanol–water partition coefficient (Wildman–Crippen LogP) is 3.03. The molecule has 0 saturated carbocycles. The van der Waals surface area contributed by atoms with E-state index in [0.717, 1.165) is 17.0 Å². The number of rotatable bonds is 5. The number of nitrogens with zero attached hydrogens (tertiary/aromatic N) is 1. The van der Waals surface area contributed by atoms with Gasteiger partial charge in [0, 0.05) is 0 Å². The highest BCUT2D eigenvalue weighted by Gasteiger charge is 2.41. The zero-order valence-corrected chi connectivity index (χ0v) is 16.2. The Labute approximate surface area is 170 Å². The van der Waals surface area contributed by atoms with Gasteiger partial charge in [-0.1, -0.05) is 23.7 Å². The van der Waals surface area contributed by atoms with Crippen LogP contribution in [0.4, 0.5) is 10.1 Å². The summed E-state index contributed by atoms with van der Waals surface area (Å²) in [4.78, 5) is 50.4. The molecule has 2 atom stereocenters. The molecule has 7 nitrogen and oxygen atoms in total. The third kappa shape index (κ3) is 3.97. The number of carbonyl (C=O) groups excluding carboxylic acids is 4. The van der Waals surface area contributed by atoms with Crippen molar-refractivity contribution in [1.82, 2.24) is 4.90 Å². The molecular weight excluding hydrogens is 403 g/mol. The van der Waals surface area contributed by atoms with Gasteiger partial charge >= 0.3 is 5.97 Å². The Hall–Kier alpha value is -3.26. The van der Waals surface area contributed by atoms with Gasteiger partial charge in [0.2, 0.25) is 0 Å². The van der Waals surface area contributed by atoms with Gasteiger partial charge in [-0.3, -0.25) is 19.3 Å². The Morgan fingerprint density at radius 1 is 1.07 bits per heavy atom. The van der Waals surface area contributed by atoms with E-state index in [1.807, 2.05) is 0 Å². The summed E-state index contributed by atoms with van der Waals surface area (Å²) < 4.78 is 18.2. The molecule has 0 aromatic heterocycles. The second-order valence-corrected chi connectivity index (χ2v) is 6.80. The molecule has 1 heterocycles. The minimum atomic E-state index is -1.25. The molecule has 2 aromatic carbocycles. The highest BCUT2D eigenvalue weighted by Crippen LogP contribution is 2.25. The van der Waals surface area contributed by atoms with Crippen molar-refractivity contribution in [1.29, 1.82) is 0 Å². The monoisotopic (exact) mass is 418 g/mol. The number of nitrogens with one attached hydrogen (secondary N) is 1. The fourth-order valence-corrected chi connectivity index (χ4v) is 3.03. The predicted molar refractivity (Wildman–Crippen MR) is 102 cm³/mol. The molecule has 1 aliphatic heterocycles. The number of anilines is 1. The number of esters is 1. The van der Waals surface area contributed by atoms with Gasteiger partial charge in [0.25, 0.3) is 17.7 Å². The van der Waals surface area contributed by atoms with Crippen molar-refractivity contribution in [3.05, 3.63) is 64.4 Å². The molecule has 0 saturated heterocycles. The fourth-order valence-electron chi connectivity index (χ4n) is 2.82. The standard InChI is InChI=1S/C20H16ClFN2O5/c1-10(24-18(26)13-5-3-4-6-14(13)19(24)27)20(28)29-11(2)17(25)23-16-8-7-12(22)9-15(16)21/h3-11H,1-2H3,(H,23,25)/t10-,11-/m0/s1. The number of carbonyl (C=O) groups is 4. The summed E-state index contributed by atoms with van der Waals surface area (Å²) in [6.07, 6.45) is -1.25. The van der Waals surface area contributed by atoms with Gasteiger partial charge in [0.1, 0.15) is 11.9 Å². The Balaban J connectivity index is 1.66. The lowest BCUT2D eigenvalue weighted by Crippen LogP contribution is -2.45. The van der Waals surface area contributed by atoms with Gasteiger partial charge in [0.05, 0.1) is 21.8 Å². The van der Waals surface area contributed by atoms with E-state index in [4.69, 9.17) is 16.3 Å². The number of ether oxygens (including phenoxy) is 1. The van der Waals surface area contributed by atoms with Gasteiger partial charge < -0.3 is 10.1 Å². The van der Waals surface area contributed by atoms with E-state index < -0.39 is 41.7 Å². The first-order chi connectivity index (χ1) is 13.7. The molecule has 0 fully saturated rings. The lowest BCUT2D eigenvalue weighted by molar-refractivity contribution is -0.156. The van der Waals surface area contributed by atoms with Crippen LogP contribution in [0.3, 0.4) is 0 Å². The first-order valence-corrected chi connectivity index (χ1v) is 9.02. The maximum atomic E-state index is 13.1. The zero-order chi connectivity index (χ0) is 21.3. The van der Waals surface area contributed by atoms with Gasteiger partial charge in [0.15, 0.2) is 6.10 Å². The summed E-state index contributed by atoms with van der Waals surface area (Å²) in [5, 5.41) is 2.40. The van der Waals surface area contributed by atoms with Crippen LogP contribution in [-0.2, 0) is 14.3 Å². The molecule has 0 unspecified atom stereocenters. The molecule has 29 heavy (non-hydrogen) atoms. The molecule has 150 valence electrons. The molecule has 0 bridgehead atoms. The minimum Gasteiger partial charge on any atom is -0.451 e. The minimum absolute atomic E-state index is 0.0173. The summed E-state index contributed by atoms with van der Waals surface area (Å²) in [6.45, 7) is 2.66. The molecule has 3 rings (SSSR count). The highest BCUT2D eigenvalue weighted by molar-refractivity contribution is 6.33. The van der Waals surface area contributed by atoms with Crippen LogP contribution in [0.2, 0.25) is 5.02 Å². The number of hydrogen-bond donors (Lipinski definition) is 1. The van der Waals surface area contributed by atoms with Crippen LogP contribution in [0.5, 0.6) is 0 Å². The number of halogens is 2. The van der Waals surface area contributed by atoms with Crippen molar-refractivity contribution >= 4 is 41.0 Å². The topological polar surface area (TPSA) is 92.8 Å². The number of fused-ring (bicyclic) bond motifs is 1. The van der Waals surface area contributed by atoms with E-state index in [-0.39, 0.29) is 21.8 Å². The quantitative estimate of drug-likeness (QED) is 0.595. The van der Waals surface area contributed by atoms with E-state index in [0.29, 0.717) is 0 Å². The van der Waals surface area contributed by atoms with Crippen LogP contribution in [0.1, 0.15) is 34.6 Å². The van der Waals surface area contributed by atoms with E-state index >= 15 is 0 Å². The molecule has 0 aliphatic carbocycles. The Kier molecular flexibility index (Phi) is 5.65. The molecule has 3 amide bonds. The molecule has 1 N–H and O–H groups in total. The molecule has 0 radical (unpaired) electrons. The molecule has 2 aromatic rings. The normalized spacial score (nSPS) is 15.0. The van der Waals surface area contributed by atoms with Crippen LogP contribution in [0.15, 0.2) is 42.5 Å². The van der Waals surface area contributed by atoms with Crippen molar-refractivity contribution in [2.45, 2.75) is 26.0 Å². The first-order valence-electron chi connectivity index (χ1n) is 8.64. The van der Waals surface area contributed by atoms with Crippen LogP contribution in [-0.4, -0.2) is 40.7 Å². The highest BCUT2D eigenvalue weighted by atomic mass is 35.5. The van der Waals surface area contributed by atoms with E-state index in [1.165, 1.54) is 32.0 Å². The lowest BCUT2D eigenvalue weighted by Gasteiger charge is -2.22. The van der Waals surface area contributed by atoms with Crippen LogP contribution in [0.25, 0.3) is 0 Å². The summed E-state index contributed by atoms with van der Waals surface area (Å²) in [6, 6.07) is 8.40. The van der Waals surface area contributed by atoms with Crippen molar-refractivity contribution in [3.63, 3.8) is 0 Å². The van der Waals surface area contributed by atoms with Gasteiger partial charge in [-0.05, 0) is 44.2 Å². The summed E-state index contributed by atoms with van der Waals surface area (Å²) in [5.41, 5.74) is 0.553. The average molecular weight is 419 g/mol. The zero-order valence-electron chi connectivity index (χ0n) is 15.4. The van der Waals surface area contributed by atoms with Crippen LogP contribution in [0, 0.1) is 5.82 Å². The van der Waals surface area contributed by atoms with Gasteiger partial charge in [-0.25, -0.2) is 9.18 Å². The van der Waals surface area contributed by atoms with Crippen molar-refractivity contribution in [2.24, 2.45) is 0 Å². The molecule has 1 aliphatic rings. The lowest BCUT2D eigenvalue weighted by atomic mass is 10.1. The number of imide groups is 1. The van der Waals surface area contributed by atoms with Crippen molar-refractivity contribution in [2.75, 3.05) is 5.32 Å². The van der Waals surface area contributed by atoms with Crippen LogP contribution < -0.4 is 5.32 Å². The third-order valence-corrected chi connectivity index (χ3v) is 4.72. The SMILES string of the molecule is C[C@H](OC(=O)[C@H](C)N1C(=O)c2ccccc2C1=O)C(=O)Nc1ccc(F)cc1Cl. The maximum absolute atomic E-state index is 13.1. The van der Waals surface area contributed by atoms with Crippen molar-refractivity contribution < 1.29 is 28.3 Å². The molecule has 9 heteroatoms. The van der Waals surface area contributed by atoms with E-state index in [9.17, 15) is 23.6 Å². The van der Waals surface area contributed by atoms with Crippen molar-refractivity contribution in [3.8, 4) is 0 Å². The van der Waals surface area contributed by atoms with E-state index in [1.54, 1.807) is 12.1 Å². The summed E-state index contributed by atoms with van der Waals surface area (Å²) in [5.74, 6) is -3.41. The Bertz CT molecular complexity index is 991. The van der Waals surface area contributed by atoms with E-state index in [2.05, 4.69) is 5.32 Å². The fraction of sp³-hybridized carbons (Fsp3) is 0.200. The molecule has 0 spiro atoms.